The van der Waals surface area contributed by atoms with Crippen molar-refractivity contribution in [3.05, 3.63) is 82.6 Å². The van der Waals surface area contributed by atoms with E-state index >= 15 is 0 Å². The zero-order valence-electron chi connectivity index (χ0n) is 14.6. The van der Waals surface area contributed by atoms with Crippen molar-refractivity contribution < 1.29 is 8.42 Å². The van der Waals surface area contributed by atoms with Crippen LogP contribution in [0.2, 0.25) is 0 Å². The molecule has 0 aliphatic rings. The van der Waals surface area contributed by atoms with Crippen molar-refractivity contribution in [3.63, 3.8) is 0 Å². The monoisotopic (exact) mass is 453 g/mol. The molecule has 3 N–H and O–H groups in total. The Bertz CT molecular complexity index is 1290. The Labute approximate surface area is 171 Å². The lowest BCUT2D eigenvalue weighted by molar-refractivity contribution is 0.598. The van der Waals surface area contributed by atoms with Gasteiger partial charge in [0.2, 0.25) is 10.0 Å². The Morgan fingerprint density at radius 3 is 2.46 bits per heavy atom. The highest BCUT2D eigenvalue weighted by atomic mass is 79.9. The number of rotatable bonds is 4. The third kappa shape index (κ3) is 3.91. The fourth-order valence-corrected chi connectivity index (χ4v) is 4.00. The number of fused-ring (bicyclic) bond motifs is 1. The highest BCUT2D eigenvalue weighted by Crippen LogP contribution is 2.29. The van der Waals surface area contributed by atoms with E-state index in [1.165, 1.54) is 6.07 Å². The number of nitrogens with two attached hydrogens (primary N) is 1. The molecule has 0 saturated carbocycles. The molecule has 0 aliphatic carbocycles. The summed E-state index contributed by atoms with van der Waals surface area (Å²) < 4.78 is 24.8. The number of imidazole rings is 1. The molecule has 0 bridgehead atoms. The summed E-state index contributed by atoms with van der Waals surface area (Å²) in [4.78, 5) is 7.92. The average molecular weight is 454 g/mol. The number of halogens is 1. The minimum atomic E-state index is -3.81. The zero-order valence-corrected chi connectivity index (χ0v) is 17.0. The van der Waals surface area contributed by atoms with Crippen LogP contribution in [-0.2, 0) is 10.0 Å². The minimum absolute atomic E-state index is 0.101. The summed E-state index contributed by atoms with van der Waals surface area (Å²) in [5.41, 5.74) is 3.99. The van der Waals surface area contributed by atoms with Gasteiger partial charge in [-0.15, -0.1) is 0 Å². The summed E-state index contributed by atoms with van der Waals surface area (Å²) in [6.07, 6.45) is 3.88. The molecule has 4 aromatic rings. The molecule has 0 spiro atoms. The molecule has 0 fully saturated rings. The quantitative estimate of drug-likeness (QED) is 0.464. The summed E-state index contributed by atoms with van der Waals surface area (Å²) in [5.74, 6) is 0.717. The molecule has 0 unspecified atom stereocenters. The maximum absolute atomic E-state index is 11.9. The second-order valence-electron chi connectivity index (χ2n) is 6.28. The molecular weight excluding hydrogens is 438 g/mol. The first-order chi connectivity index (χ1) is 13.4. The topological polar surface area (TPSA) is 88.8 Å². The third-order valence-electron chi connectivity index (χ3n) is 4.31. The molecule has 5 nitrogen and oxygen atoms in total. The Kier molecular flexibility index (Phi) is 4.89. The van der Waals surface area contributed by atoms with E-state index < -0.39 is 10.0 Å². The van der Waals surface area contributed by atoms with E-state index in [0.717, 1.165) is 32.5 Å². The lowest BCUT2D eigenvalue weighted by Crippen LogP contribution is -2.13. The van der Waals surface area contributed by atoms with Crippen LogP contribution in [0.3, 0.4) is 0 Å². The van der Waals surface area contributed by atoms with Gasteiger partial charge in [0.05, 0.1) is 15.9 Å². The van der Waals surface area contributed by atoms with Crippen molar-refractivity contribution in [2.24, 2.45) is 5.14 Å². The molecule has 3 aromatic carbocycles. The second kappa shape index (κ2) is 7.35. The van der Waals surface area contributed by atoms with Crippen LogP contribution >= 0.6 is 15.9 Å². The maximum Gasteiger partial charge on any atom is 0.238 e. The van der Waals surface area contributed by atoms with E-state index in [2.05, 4.69) is 25.9 Å². The van der Waals surface area contributed by atoms with Crippen LogP contribution in [-0.4, -0.2) is 18.4 Å². The van der Waals surface area contributed by atoms with Gasteiger partial charge in [-0.1, -0.05) is 58.4 Å². The van der Waals surface area contributed by atoms with Crippen LogP contribution < -0.4 is 5.14 Å². The minimum Gasteiger partial charge on any atom is -0.338 e. The van der Waals surface area contributed by atoms with Gasteiger partial charge in [0.25, 0.3) is 0 Å². The Hall–Kier alpha value is -2.74. The molecular formula is C21H16BrN3O2S. The van der Waals surface area contributed by atoms with Crippen molar-refractivity contribution in [2.75, 3.05) is 0 Å². The maximum atomic E-state index is 11.9. The first kappa shape index (κ1) is 18.6. The molecule has 1 aromatic heterocycles. The first-order valence-electron chi connectivity index (χ1n) is 8.46. The van der Waals surface area contributed by atoms with Crippen LogP contribution in [0, 0.1) is 0 Å². The molecule has 28 heavy (non-hydrogen) atoms. The van der Waals surface area contributed by atoms with Crippen molar-refractivity contribution in [2.45, 2.75) is 4.90 Å². The highest BCUT2D eigenvalue weighted by Gasteiger charge is 2.15. The van der Waals surface area contributed by atoms with Gasteiger partial charge in [0.15, 0.2) is 0 Å². The van der Waals surface area contributed by atoms with Crippen LogP contribution in [0.25, 0.3) is 34.3 Å². The largest absolute Gasteiger partial charge is 0.338 e. The average Bonchev–Trinajstić information content (AvgIpc) is 3.09. The number of hydrogen-bond donors (Lipinski definition) is 2. The predicted octanol–water partition coefficient (Wildman–Crippen LogP) is 4.81. The number of nitrogens with zero attached hydrogens (tertiary/aromatic N) is 1. The fraction of sp³-hybridized carbons (Fsp3) is 0. The number of H-pyrrole nitrogens is 1. The SMILES string of the molecule is NS(=O)(=O)c1ccccc1-c1ccc2nc(C=Cc3ccc(Br)cc3)[nH]c2c1. The molecule has 4 rings (SSSR count). The molecule has 140 valence electrons. The molecule has 0 atom stereocenters. The van der Waals surface area contributed by atoms with Crippen LogP contribution in [0.1, 0.15) is 11.4 Å². The molecule has 7 heteroatoms. The van der Waals surface area contributed by atoms with Crippen molar-refractivity contribution in [1.29, 1.82) is 0 Å². The van der Waals surface area contributed by atoms with E-state index in [0.29, 0.717) is 5.56 Å². The summed E-state index contributed by atoms with van der Waals surface area (Å²) >= 11 is 3.42. The molecule has 0 aliphatic heterocycles. The van der Waals surface area contributed by atoms with E-state index in [-0.39, 0.29) is 4.90 Å². The van der Waals surface area contributed by atoms with Crippen molar-refractivity contribution in [1.82, 2.24) is 9.97 Å². The van der Waals surface area contributed by atoms with Crippen LogP contribution in [0.4, 0.5) is 0 Å². The van der Waals surface area contributed by atoms with Crippen molar-refractivity contribution in [3.8, 4) is 11.1 Å². The highest BCUT2D eigenvalue weighted by molar-refractivity contribution is 9.10. The number of primary sulfonamides is 1. The van der Waals surface area contributed by atoms with Gasteiger partial charge < -0.3 is 4.98 Å². The van der Waals surface area contributed by atoms with E-state index in [4.69, 9.17) is 5.14 Å². The van der Waals surface area contributed by atoms with E-state index in [1.807, 2.05) is 54.6 Å². The predicted molar refractivity (Wildman–Crippen MR) is 116 cm³/mol. The van der Waals surface area contributed by atoms with Gasteiger partial charge in [0, 0.05) is 10.0 Å². The lowest BCUT2D eigenvalue weighted by Gasteiger charge is -2.07. The summed E-state index contributed by atoms with van der Waals surface area (Å²) in [5, 5.41) is 5.36. The Balaban J connectivity index is 1.71. The molecule has 1 heterocycles. The second-order valence-corrected chi connectivity index (χ2v) is 8.73. The normalized spacial score (nSPS) is 12.1. The van der Waals surface area contributed by atoms with Crippen molar-refractivity contribution >= 4 is 49.1 Å². The number of aromatic nitrogens is 2. The van der Waals surface area contributed by atoms with Gasteiger partial charge in [-0.25, -0.2) is 18.5 Å². The summed E-state index contributed by atoms with van der Waals surface area (Å²) in [6.45, 7) is 0. The first-order valence-corrected chi connectivity index (χ1v) is 10.8. The number of sulfonamides is 1. The van der Waals surface area contributed by atoms with E-state index in [1.54, 1.807) is 18.2 Å². The molecule has 0 amide bonds. The van der Waals surface area contributed by atoms with Crippen LogP contribution in [0.15, 0.2) is 76.1 Å². The van der Waals surface area contributed by atoms with Gasteiger partial charge in [0.1, 0.15) is 5.82 Å². The van der Waals surface area contributed by atoms with Gasteiger partial charge in [-0.3, -0.25) is 0 Å². The number of hydrogen-bond acceptors (Lipinski definition) is 3. The van der Waals surface area contributed by atoms with Gasteiger partial charge in [-0.05, 0) is 47.5 Å². The summed E-state index contributed by atoms with van der Waals surface area (Å²) in [6, 6.07) is 20.2. The lowest BCUT2D eigenvalue weighted by atomic mass is 10.1. The summed E-state index contributed by atoms with van der Waals surface area (Å²) in [7, 11) is -3.81. The molecule has 0 saturated heterocycles. The fourth-order valence-electron chi connectivity index (χ4n) is 2.98. The number of nitrogens with one attached hydrogen (secondary N) is 1. The number of aromatic amines is 1. The number of benzene rings is 3. The standard InChI is InChI=1S/C21H16BrN3O2S/c22-16-9-5-14(6-10-16)7-12-21-24-18-11-8-15(13-19(18)25-21)17-3-1-2-4-20(17)28(23,26)27/h1-13H,(H,24,25)(H2,23,26,27). The van der Waals surface area contributed by atoms with Gasteiger partial charge >= 0.3 is 0 Å². The van der Waals surface area contributed by atoms with Gasteiger partial charge in [-0.2, -0.15) is 0 Å². The Morgan fingerprint density at radius 2 is 1.71 bits per heavy atom. The molecule has 0 radical (unpaired) electrons. The van der Waals surface area contributed by atoms with Crippen LogP contribution in [0.5, 0.6) is 0 Å². The third-order valence-corrected chi connectivity index (χ3v) is 5.81. The Morgan fingerprint density at radius 1 is 0.964 bits per heavy atom. The van der Waals surface area contributed by atoms with E-state index in [9.17, 15) is 8.42 Å². The zero-order chi connectivity index (χ0) is 19.7. The smallest absolute Gasteiger partial charge is 0.238 e.